The number of piperazine rings is 1. The molecule has 0 amide bonds. The SMILES string of the molecule is CCS(=O)(=O)Oc1cc2c(C)c(CCN3CCN(c4ccccc4OC)CC3)c(=O)oc2cc1OC. The monoisotopic (exact) mass is 516 g/mol. The van der Waals surface area contributed by atoms with Crippen LogP contribution in [-0.4, -0.2) is 66.0 Å². The third kappa shape index (κ3) is 5.44. The number of benzene rings is 2. The molecule has 1 aliphatic rings. The number of para-hydroxylation sites is 2. The second-order valence-corrected chi connectivity index (χ2v) is 10.5. The summed E-state index contributed by atoms with van der Waals surface area (Å²) in [6.07, 6.45) is 0.522. The zero-order valence-electron chi connectivity index (χ0n) is 21.1. The molecule has 9 nitrogen and oxygen atoms in total. The van der Waals surface area contributed by atoms with Gasteiger partial charge in [-0.2, -0.15) is 8.42 Å². The lowest BCUT2D eigenvalue weighted by Crippen LogP contribution is -2.47. The van der Waals surface area contributed by atoms with Crippen LogP contribution in [0.3, 0.4) is 0 Å². The van der Waals surface area contributed by atoms with Gasteiger partial charge < -0.3 is 23.0 Å². The highest BCUT2D eigenvalue weighted by atomic mass is 32.2. The lowest BCUT2D eigenvalue weighted by molar-refractivity contribution is 0.259. The Bertz CT molecular complexity index is 1390. The second kappa shape index (κ2) is 10.8. The van der Waals surface area contributed by atoms with Crippen molar-refractivity contribution in [3.8, 4) is 17.2 Å². The van der Waals surface area contributed by atoms with Gasteiger partial charge in [-0.25, -0.2) is 4.79 Å². The number of nitrogens with zero attached hydrogens (tertiary/aromatic N) is 2. The van der Waals surface area contributed by atoms with E-state index >= 15 is 0 Å². The van der Waals surface area contributed by atoms with E-state index in [0.29, 0.717) is 29.5 Å². The second-order valence-electron chi connectivity index (χ2n) is 8.67. The van der Waals surface area contributed by atoms with Crippen molar-refractivity contribution in [2.75, 3.05) is 57.6 Å². The molecule has 1 aromatic heterocycles. The first kappa shape index (κ1) is 25.8. The predicted molar refractivity (Wildman–Crippen MR) is 139 cm³/mol. The molecule has 0 bridgehead atoms. The van der Waals surface area contributed by atoms with Crippen molar-refractivity contribution < 1.29 is 26.5 Å². The average Bonchev–Trinajstić information content (AvgIpc) is 2.88. The van der Waals surface area contributed by atoms with E-state index in [4.69, 9.17) is 18.1 Å². The van der Waals surface area contributed by atoms with Crippen molar-refractivity contribution in [2.24, 2.45) is 0 Å². The lowest BCUT2D eigenvalue weighted by Gasteiger charge is -2.36. The normalized spacial score (nSPS) is 14.7. The zero-order chi connectivity index (χ0) is 25.9. The van der Waals surface area contributed by atoms with Gasteiger partial charge in [0, 0.05) is 49.7 Å². The zero-order valence-corrected chi connectivity index (χ0v) is 21.9. The molecule has 0 unspecified atom stereocenters. The molecule has 4 rings (SSSR count). The van der Waals surface area contributed by atoms with Crippen LogP contribution in [0.1, 0.15) is 18.1 Å². The molecule has 0 spiro atoms. The van der Waals surface area contributed by atoms with Gasteiger partial charge in [0.05, 0.1) is 25.7 Å². The summed E-state index contributed by atoms with van der Waals surface area (Å²) in [6, 6.07) is 11.1. The Morgan fingerprint density at radius 1 is 0.972 bits per heavy atom. The third-order valence-electron chi connectivity index (χ3n) is 6.62. The molecule has 194 valence electrons. The predicted octanol–water partition coefficient (Wildman–Crippen LogP) is 3.21. The van der Waals surface area contributed by atoms with Crippen molar-refractivity contribution in [3.05, 3.63) is 57.9 Å². The van der Waals surface area contributed by atoms with E-state index in [1.54, 1.807) is 13.2 Å². The Hall–Kier alpha value is -3.24. The highest BCUT2D eigenvalue weighted by Crippen LogP contribution is 2.35. The molecular weight excluding hydrogens is 484 g/mol. The summed E-state index contributed by atoms with van der Waals surface area (Å²) in [5.41, 5.74) is 2.33. The minimum Gasteiger partial charge on any atom is -0.495 e. The number of ether oxygens (including phenoxy) is 2. The number of hydrogen-bond donors (Lipinski definition) is 0. The van der Waals surface area contributed by atoms with Crippen molar-refractivity contribution in [1.82, 2.24) is 4.90 Å². The van der Waals surface area contributed by atoms with Crippen LogP contribution in [0.2, 0.25) is 0 Å². The first-order chi connectivity index (χ1) is 17.3. The van der Waals surface area contributed by atoms with E-state index in [1.807, 2.05) is 25.1 Å². The smallest absolute Gasteiger partial charge is 0.339 e. The first-order valence-electron chi connectivity index (χ1n) is 11.9. The number of hydrogen-bond acceptors (Lipinski definition) is 9. The number of rotatable bonds is 9. The van der Waals surface area contributed by atoms with Gasteiger partial charge in [-0.05, 0) is 44.0 Å². The Morgan fingerprint density at radius 2 is 1.67 bits per heavy atom. The highest BCUT2D eigenvalue weighted by molar-refractivity contribution is 7.87. The summed E-state index contributed by atoms with van der Waals surface area (Å²) in [7, 11) is -0.666. The minimum absolute atomic E-state index is 0.0715. The number of anilines is 1. The van der Waals surface area contributed by atoms with Crippen LogP contribution in [0.15, 0.2) is 45.6 Å². The molecule has 0 aliphatic carbocycles. The van der Waals surface area contributed by atoms with E-state index in [1.165, 1.54) is 20.1 Å². The van der Waals surface area contributed by atoms with Crippen LogP contribution in [0.4, 0.5) is 5.69 Å². The Labute approximate surface area is 211 Å². The van der Waals surface area contributed by atoms with E-state index in [9.17, 15) is 13.2 Å². The average molecular weight is 517 g/mol. The fourth-order valence-electron chi connectivity index (χ4n) is 4.48. The molecule has 10 heteroatoms. The molecular formula is C26H32N2O7S. The van der Waals surface area contributed by atoms with Gasteiger partial charge in [-0.3, -0.25) is 4.90 Å². The maximum atomic E-state index is 12.8. The number of methoxy groups -OCH3 is 2. The molecule has 0 radical (unpaired) electrons. The van der Waals surface area contributed by atoms with Crippen molar-refractivity contribution in [2.45, 2.75) is 20.3 Å². The van der Waals surface area contributed by atoms with Crippen LogP contribution in [-0.2, 0) is 16.5 Å². The van der Waals surface area contributed by atoms with E-state index in [-0.39, 0.29) is 17.3 Å². The van der Waals surface area contributed by atoms with Crippen molar-refractivity contribution in [1.29, 1.82) is 0 Å². The third-order valence-corrected chi connectivity index (χ3v) is 7.76. The standard InChI is InChI=1S/C26H32N2O7S/c1-5-36(30,31)35-25-16-20-18(2)19(26(29)34-23(20)17-24(25)33-4)10-11-27-12-14-28(15-13-27)21-8-6-7-9-22(21)32-3/h6-9,16-17H,5,10-15H2,1-4H3. The van der Waals surface area contributed by atoms with Crippen molar-refractivity contribution in [3.63, 3.8) is 0 Å². The van der Waals surface area contributed by atoms with E-state index in [2.05, 4.69) is 15.9 Å². The minimum atomic E-state index is -3.75. The number of aryl methyl sites for hydroxylation is 1. The highest BCUT2D eigenvalue weighted by Gasteiger charge is 2.22. The maximum Gasteiger partial charge on any atom is 0.339 e. The molecule has 3 aromatic rings. The van der Waals surface area contributed by atoms with Gasteiger partial charge in [-0.15, -0.1) is 0 Å². The molecule has 0 saturated carbocycles. The van der Waals surface area contributed by atoms with Gasteiger partial charge >= 0.3 is 15.7 Å². The van der Waals surface area contributed by atoms with Gasteiger partial charge in [0.1, 0.15) is 11.3 Å². The largest absolute Gasteiger partial charge is 0.495 e. The molecule has 0 N–H and O–H groups in total. The molecule has 0 atom stereocenters. The van der Waals surface area contributed by atoms with Gasteiger partial charge in [0.15, 0.2) is 11.5 Å². The quantitative estimate of drug-likeness (QED) is 0.314. The fourth-order valence-corrected chi connectivity index (χ4v) is 5.00. The van der Waals surface area contributed by atoms with Crippen molar-refractivity contribution >= 4 is 26.8 Å². The molecule has 2 aromatic carbocycles. The molecule has 2 heterocycles. The van der Waals surface area contributed by atoms with Gasteiger partial charge in [0.2, 0.25) is 0 Å². The van der Waals surface area contributed by atoms with Crippen LogP contribution in [0, 0.1) is 6.92 Å². The van der Waals surface area contributed by atoms with Crippen LogP contribution in [0.5, 0.6) is 17.2 Å². The van der Waals surface area contributed by atoms with Gasteiger partial charge in [-0.1, -0.05) is 12.1 Å². The van der Waals surface area contributed by atoms with E-state index in [0.717, 1.165) is 43.2 Å². The molecule has 1 saturated heterocycles. The Morgan fingerprint density at radius 3 is 2.33 bits per heavy atom. The number of fused-ring (bicyclic) bond motifs is 1. The Kier molecular flexibility index (Phi) is 7.75. The lowest BCUT2D eigenvalue weighted by atomic mass is 10.0. The van der Waals surface area contributed by atoms with Crippen LogP contribution in [0.25, 0.3) is 11.0 Å². The Balaban J connectivity index is 1.50. The summed E-state index contributed by atoms with van der Waals surface area (Å²) in [5.74, 6) is 0.944. The molecule has 36 heavy (non-hydrogen) atoms. The van der Waals surface area contributed by atoms with Gasteiger partial charge in [0.25, 0.3) is 0 Å². The molecule has 1 fully saturated rings. The van der Waals surface area contributed by atoms with Crippen LogP contribution >= 0.6 is 0 Å². The first-order valence-corrected chi connectivity index (χ1v) is 13.5. The summed E-state index contributed by atoms with van der Waals surface area (Å²) >= 11 is 0. The summed E-state index contributed by atoms with van der Waals surface area (Å²) in [4.78, 5) is 17.5. The fraction of sp³-hybridized carbons (Fsp3) is 0.423. The molecule has 1 aliphatic heterocycles. The van der Waals surface area contributed by atoms with Crippen LogP contribution < -0.4 is 24.2 Å². The maximum absolute atomic E-state index is 12.8. The summed E-state index contributed by atoms with van der Waals surface area (Å²) < 4.78 is 45.7. The summed E-state index contributed by atoms with van der Waals surface area (Å²) in [5, 5.41) is 0.618. The topological polar surface area (TPSA) is 98.5 Å². The summed E-state index contributed by atoms with van der Waals surface area (Å²) in [6.45, 7) is 7.50. The van der Waals surface area contributed by atoms with E-state index < -0.39 is 15.7 Å².